The van der Waals surface area contributed by atoms with Crippen LogP contribution in [-0.4, -0.2) is 40.1 Å². The highest BCUT2D eigenvalue weighted by Crippen LogP contribution is 2.58. The largest absolute Gasteiger partial charge is 0.480 e. The number of aliphatic carboxylic acids is 1. The maximum absolute atomic E-state index is 15.6. The van der Waals surface area contributed by atoms with Crippen LogP contribution in [0.1, 0.15) is 44.2 Å². The fourth-order valence-electron chi connectivity index (χ4n) is 5.14. The molecule has 37 heavy (non-hydrogen) atoms. The third-order valence-corrected chi connectivity index (χ3v) is 7.31. The highest BCUT2D eigenvalue weighted by molar-refractivity contribution is 9.10. The molecule has 2 aromatic carbocycles. The number of halogens is 6. The Morgan fingerprint density at radius 1 is 1.22 bits per heavy atom. The molecule has 0 bridgehead atoms. The average molecular weight is 606 g/mol. The number of carboxylic acids is 1. The highest BCUT2D eigenvalue weighted by atomic mass is 79.9. The van der Waals surface area contributed by atoms with Crippen molar-refractivity contribution in [1.82, 2.24) is 4.90 Å². The summed E-state index contributed by atoms with van der Waals surface area (Å²) >= 11 is 9.23. The monoisotopic (exact) mass is 604 g/mol. The van der Waals surface area contributed by atoms with Crippen LogP contribution in [0, 0.1) is 22.6 Å². The van der Waals surface area contributed by atoms with Gasteiger partial charge in [0.15, 0.2) is 0 Å². The fourth-order valence-corrected chi connectivity index (χ4v) is 5.58. The molecule has 3 rings (SSSR count). The van der Waals surface area contributed by atoms with Gasteiger partial charge in [0, 0.05) is 21.0 Å². The Balaban J connectivity index is 2.54. The Hall–Kier alpha value is -2.68. The number of hydrogen-bond acceptors (Lipinski definition) is 5. The summed E-state index contributed by atoms with van der Waals surface area (Å²) in [6.45, 7) is 4.97. The number of carbonyl (C=O) groups is 2. The number of likely N-dealkylation sites (tertiary alicyclic amines) is 1. The number of carbonyl (C=O) groups excluding carboxylic acids is 1. The van der Waals surface area contributed by atoms with Crippen LogP contribution in [-0.2, 0) is 19.9 Å². The highest BCUT2D eigenvalue weighted by Gasteiger charge is 2.71. The molecule has 198 valence electrons. The summed E-state index contributed by atoms with van der Waals surface area (Å²) in [5, 5.41) is 20.5. The molecule has 12 heteroatoms. The van der Waals surface area contributed by atoms with Crippen molar-refractivity contribution in [3.63, 3.8) is 0 Å². The van der Waals surface area contributed by atoms with Gasteiger partial charge in [-0.25, -0.2) is 19.0 Å². The number of nitriles is 1. The maximum atomic E-state index is 15.6. The SMILES string of the molecule is CC(C)(C)C[C@@H]1N(C(F)(F)C(=O)OF)[C@@H](C(=O)O)[C@H](c2cccc(Cl)c2F)[C@@]1(C#N)c1ccc(Br)cc1. The van der Waals surface area contributed by atoms with E-state index in [1.165, 1.54) is 36.4 Å². The average Bonchev–Trinajstić information content (AvgIpc) is 3.10. The van der Waals surface area contributed by atoms with Crippen molar-refractivity contribution in [2.75, 3.05) is 0 Å². The molecule has 1 heterocycles. The minimum atomic E-state index is -4.84. The topological polar surface area (TPSA) is 90.6 Å². The molecule has 4 atom stereocenters. The molecule has 1 aliphatic rings. The minimum Gasteiger partial charge on any atom is -0.480 e. The lowest BCUT2D eigenvalue weighted by molar-refractivity contribution is -0.245. The third-order valence-electron chi connectivity index (χ3n) is 6.49. The van der Waals surface area contributed by atoms with E-state index in [2.05, 4.69) is 20.9 Å². The Kier molecular flexibility index (Phi) is 7.99. The molecule has 1 fully saturated rings. The van der Waals surface area contributed by atoms with Crippen LogP contribution in [0.2, 0.25) is 5.02 Å². The molecule has 0 aromatic heterocycles. The molecular formula is C25H22BrClF4N2O4. The molecular weight excluding hydrogens is 584 g/mol. The van der Waals surface area contributed by atoms with E-state index >= 15 is 13.2 Å². The molecule has 2 aromatic rings. The van der Waals surface area contributed by atoms with E-state index in [1.807, 2.05) is 6.07 Å². The van der Waals surface area contributed by atoms with E-state index in [9.17, 15) is 24.5 Å². The van der Waals surface area contributed by atoms with Crippen molar-refractivity contribution in [3.05, 3.63) is 68.9 Å². The minimum absolute atomic E-state index is 0.0290. The molecule has 0 spiro atoms. The van der Waals surface area contributed by atoms with Gasteiger partial charge in [-0.15, -0.1) is 0 Å². The maximum Gasteiger partial charge on any atom is 0.434 e. The second-order valence-corrected chi connectivity index (χ2v) is 11.3. The van der Waals surface area contributed by atoms with E-state index in [4.69, 9.17) is 11.6 Å². The van der Waals surface area contributed by atoms with Gasteiger partial charge in [0.05, 0.1) is 11.1 Å². The van der Waals surface area contributed by atoms with Crippen LogP contribution in [0.3, 0.4) is 0 Å². The molecule has 6 nitrogen and oxygen atoms in total. The van der Waals surface area contributed by atoms with Crippen LogP contribution in [0.25, 0.3) is 0 Å². The van der Waals surface area contributed by atoms with E-state index in [0.717, 1.165) is 6.07 Å². The van der Waals surface area contributed by atoms with E-state index in [0.29, 0.717) is 4.47 Å². The molecule has 1 N–H and O–H groups in total. The summed E-state index contributed by atoms with van der Waals surface area (Å²) in [7, 11) is 0. The van der Waals surface area contributed by atoms with E-state index in [1.54, 1.807) is 20.8 Å². The van der Waals surface area contributed by atoms with Crippen LogP contribution in [0.15, 0.2) is 46.9 Å². The molecule has 0 amide bonds. The van der Waals surface area contributed by atoms with Gasteiger partial charge in [0.25, 0.3) is 0 Å². The quantitative estimate of drug-likeness (QED) is 0.304. The smallest absolute Gasteiger partial charge is 0.434 e. The zero-order chi connectivity index (χ0) is 27.9. The van der Waals surface area contributed by atoms with Crippen molar-refractivity contribution >= 4 is 39.5 Å². The van der Waals surface area contributed by atoms with Crippen molar-refractivity contribution < 1.29 is 37.3 Å². The summed E-state index contributed by atoms with van der Waals surface area (Å²) in [6, 6.07) is 2.58. The van der Waals surface area contributed by atoms with Crippen molar-refractivity contribution in [2.45, 2.75) is 56.7 Å². The van der Waals surface area contributed by atoms with Crippen LogP contribution in [0.5, 0.6) is 0 Å². The summed E-state index contributed by atoms with van der Waals surface area (Å²) in [6.07, 6.45) is -0.270. The predicted molar refractivity (Wildman–Crippen MR) is 129 cm³/mol. The van der Waals surface area contributed by atoms with Gasteiger partial charge in [0.2, 0.25) is 0 Å². The van der Waals surface area contributed by atoms with E-state index in [-0.39, 0.29) is 16.9 Å². The number of carboxylic acid groups (broad SMARTS) is 1. The standard InChI is InChI=1S/C25H22BrClF4N2O4/c1-23(2,3)11-17-24(12-32,13-7-9-14(26)10-8-13)18(15-5-4-6-16(27)19(15)28)20(21(34)35)33(17)25(29,30)22(36)37-31/h4-10,17-18,20H,11H2,1-3H3,(H,34,35)/t17-,18-,20+,24-/m0/s1. The van der Waals surface area contributed by atoms with Gasteiger partial charge in [-0.2, -0.15) is 14.0 Å². The first kappa shape index (κ1) is 28.9. The number of hydrogen-bond donors (Lipinski definition) is 1. The lowest BCUT2D eigenvalue weighted by Gasteiger charge is -2.40. The lowest BCUT2D eigenvalue weighted by atomic mass is 9.63. The number of nitrogens with zero attached hydrogens (tertiary/aromatic N) is 2. The molecule has 0 saturated carbocycles. The second kappa shape index (κ2) is 10.2. The summed E-state index contributed by atoms with van der Waals surface area (Å²) in [5.41, 5.74) is -3.31. The van der Waals surface area contributed by atoms with E-state index < -0.39 is 63.2 Å². The predicted octanol–water partition coefficient (Wildman–Crippen LogP) is 6.38. The summed E-state index contributed by atoms with van der Waals surface area (Å²) in [5.74, 6) is -7.46. The third kappa shape index (κ3) is 4.94. The normalized spacial score (nSPS) is 24.5. The van der Waals surface area contributed by atoms with Gasteiger partial charge in [-0.1, -0.05) is 72.6 Å². The number of alkyl halides is 2. The lowest BCUT2D eigenvalue weighted by Crippen LogP contribution is -2.58. The van der Waals surface area contributed by atoms with Gasteiger partial charge >= 0.3 is 18.0 Å². The number of rotatable bonds is 6. The van der Waals surface area contributed by atoms with Gasteiger partial charge < -0.3 is 5.11 Å². The Bertz CT molecular complexity index is 1250. The fraction of sp³-hybridized carbons (Fsp3) is 0.400. The molecule has 0 aliphatic carbocycles. The Morgan fingerprint density at radius 3 is 2.30 bits per heavy atom. The zero-order valence-electron chi connectivity index (χ0n) is 19.8. The van der Waals surface area contributed by atoms with Crippen LogP contribution >= 0.6 is 27.5 Å². The Labute approximate surface area is 223 Å². The van der Waals surface area contributed by atoms with Crippen molar-refractivity contribution in [2.24, 2.45) is 5.41 Å². The first-order valence-electron chi connectivity index (χ1n) is 11.0. The van der Waals surface area contributed by atoms with Crippen molar-refractivity contribution in [1.29, 1.82) is 5.26 Å². The molecule has 0 unspecified atom stereocenters. The van der Waals surface area contributed by atoms with Gasteiger partial charge in [0.1, 0.15) is 17.3 Å². The first-order chi connectivity index (χ1) is 17.1. The second-order valence-electron chi connectivity index (χ2n) is 9.99. The Morgan fingerprint density at radius 2 is 1.81 bits per heavy atom. The van der Waals surface area contributed by atoms with Crippen LogP contribution < -0.4 is 0 Å². The zero-order valence-corrected chi connectivity index (χ0v) is 22.2. The summed E-state index contributed by atoms with van der Waals surface area (Å²) < 4.78 is 60.1. The van der Waals surface area contributed by atoms with Crippen LogP contribution in [0.4, 0.5) is 17.7 Å². The number of benzene rings is 2. The summed E-state index contributed by atoms with van der Waals surface area (Å²) in [4.78, 5) is 27.4. The van der Waals surface area contributed by atoms with Gasteiger partial charge in [-0.3, -0.25) is 4.79 Å². The van der Waals surface area contributed by atoms with Crippen molar-refractivity contribution in [3.8, 4) is 6.07 Å². The molecule has 0 radical (unpaired) electrons. The van der Waals surface area contributed by atoms with Gasteiger partial charge in [-0.05, 0) is 41.2 Å². The molecule has 1 aliphatic heterocycles. The molecule has 1 saturated heterocycles. The first-order valence-corrected chi connectivity index (χ1v) is 12.1.